The summed E-state index contributed by atoms with van der Waals surface area (Å²) in [6, 6.07) is 33.5. The van der Waals surface area contributed by atoms with Crippen LogP contribution >= 0.6 is 0 Å². The SMILES string of the molecule is O=C(/C(=N\Nc1nc(NCc2ccccc2)nc(Nc2ccc([N+](=O)[O-])cc2)n1)c1ccccc1)c1ccccc1. The minimum Gasteiger partial charge on any atom is -0.350 e. The van der Waals surface area contributed by atoms with E-state index in [1.807, 2.05) is 54.6 Å². The summed E-state index contributed by atoms with van der Waals surface area (Å²) in [5.41, 5.74) is 5.62. The van der Waals surface area contributed by atoms with Gasteiger partial charge < -0.3 is 10.6 Å². The highest BCUT2D eigenvalue weighted by Gasteiger charge is 2.17. The third-order valence-electron chi connectivity index (χ3n) is 5.83. The molecule has 0 saturated carbocycles. The number of nitrogens with one attached hydrogen (secondary N) is 3. The van der Waals surface area contributed by atoms with Crippen LogP contribution in [-0.2, 0) is 6.54 Å². The Morgan fingerprint density at radius 3 is 1.90 bits per heavy atom. The van der Waals surface area contributed by atoms with Crippen LogP contribution in [0.3, 0.4) is 0 Å². The maximum absolute atomic E-state index is 13.4. The highest BCUT2D eigenvalue weighted by atomic mass is 16.6. The second-order valence-electron chi connectivity index (χ2n) is 8.71. The number of nitro benzene ring substituents is 1. The highest BCUT2D eigenvalue weighted by molar-refractivity contribution is 6.51. The topological polar surface area (TPSA) is 147 Å². The van der Waals surface area contributed by atoms with Crippen LogP contribution in [0.5, 0.6) is 0 Å². The van der Waals surface area contributed by atoms with Crippen molar-refractivity contribution in [2.24, 2.45) is 5.10 Å². The van der Waals surface area contributed by atoms with Gasteiger partial charge >= 0.3 is 0 Å². The van der Waals surface area contributed by atoms with Gasteiger partial charge in [-0.15, -0.1) is 0 Å². The molecule has 11 nitrogen and oxygen atoms in total. The van der Waals surface area contributed by atoms with Gasteiger partial charge in [-0.3, -0.25) is 14.9 Å². The maximum atomic E-state index is 13.4. The summed E-state index contributed by atoms with van der Waals surface area (Å²) in [5, 5.41) is 21.6. The lowest BCUT2D eigenvalue weighted by atomic mass is 10.0. The number of Topliss-reactive ketones (excluding diaryl/α,β-unsaturated/α-hetero) is 1. The van der Waals surface area contributed by atoms with Crippen molar-refractivity contribution < 1.29 is 9.72 Å². The molecular formula is C30H24N8O3. The van der Waals surface area contributed by atoms with E-state index in [2.05, 4.69) is 36.1 Å². The van der Waals surface area contributed by atoms with Gasteiger partial charge in [0, 0.05) is 35.5 Å². The Morgan fingerprint density at radius 1 is 0.707 bits per heavy atom. The quantitative estimate of drug-likeness (QED) is 0.0808. The van der Waals surface area contributed by atoms with Crippen molar-refractivity contribution in [2.75, 3.05) is 16.1 Å². The third kappa shape index (κ3) is 7.12. The number of nitro groups is 1. The van der Waals surface area contributed by atoms with Gasteiger partial charge in [0.1, 0.15) is 5.71 Å². The van der Waals surface area contributed by atoms with E-state index in [1.165, 1.54) is 12.1 Å². The first kappa shape index (κ1) is 26.6. The van der Waals surface area contributed by atoms with E-state index < -0.39 is 4.92 Å². The Balaban J connectivity index is 1.46. The standard InChI is InChI=1S/C30H24N8O3/c39-27(23-14-8-3-9-15-23)26(22-12-6-2-7-13-22)36-37-30-34-28(31-20-21-10-4-1-5-11-21)33-29(35-30)32-24-16-18-25(19-17-24)38(40)41/h1-19H,20H2,(H3,31,32,33,34,35,37)/b36-26-. The van der Waals surface area contributed by atoms with Gasteiger partial charge in [-0.25, -0.2) is 5.43 Å². The number of benzene rings is 4. The zero-order valence-electron chi connectivity index (χ0n) is 21.6. The molecule has 0 atom stereocenters. The Hall–Kier alpha value is -5.97. The molecule has 0 spiro atoms. The summed E-state index contributed by atoms with van der Waals surface area (Å²) >= 11 is 0. The molecule has 0 unspecified atom stereocenters. The monoisotopic (exact) mass is 544 g/mol. The van der Waals surface area contributed by atoms with Gasteiger partial charge in [-0.05, 0) is 17.7 Å². The zero-order valence-corrected chi connectivity index (χ0v) is 21.6. The van der Waals surface area contributed by atoms with Gasteiger partial charge in [0.05, 0.1) is 4.92 Å². The van der Waals surface area contributed by atoms with Gasteiger partial charge in [0.15, 0.2) is 0 Å². The molecule has 0 aliphatic heterocycles. The summed E-state index contributed by atoms with van der Waals surface area (Å²) in [6.07, 6.45) is 0. The van der Waals surface area contributed by atoms with E-state index in [0.717, 1.165) is 5.56 Å². The van der Waals surface area contributed by atoms with Gasteiger partial charge in [0.25, 0.3) is 5.69 Å². The first-order valence-electron chi connectivity index (χ1n) is 12.6. The smallest absolute Gasteiger partial charge is 0.269 e. The number of hydrogen-bond donors (Lipinski definition) is 3. The molecule has 0 amide bonds. The van der Waals surface area contributed by atoms with Gasteiger partial charge in [-0.1, -0.05) is 91.0 Å². The Morgan fingerprint density at radius 2 is 1.27 bits per heavy atom. The minimum atomic E-state index is -0.473. The minimum absolute atomic E-state index is 0.0374. The van der Waals surface area contributed by atoms with Crippen molar-refractivity contribution in [3.05, 3.63) is 142 Å². The molecule has 0 radical (unpaired) electrons. The number of anilines is 4. The number of aromatic nitrogens is 3. The molecule has 41 heavy (non-hydrogen) atoms. The number of carbonyl (C=O) groups is 1. The molecule has 0 saturated heterocycles. The fourth-order valence-corrected chi connectivity index (χ4v) is 3.81. The van der Waals surface area contributed by atoms with Crippen LogP contribution in [0.4, 0.5) is 29.2 Å². The van der Waals surface area contributed by atoms with E-state index in [-0.39, 0.29) is 35.0 Å². The Bertz CT molecular complexity index is 1660. The first-order valence-corrected chi connectivity index (χ1v) is 12.6. The van der Waals surface area contributed by atoms with Crippen LogP contribution in [0.1, 0.15) is 21.5 Å². The number of ketones is 1. The van der Waals surface area contributed by atoms with Crippen LogP contribution in [0.25, 0.3) is 0 Å². The molecule has 0 fully saturated rings. The molecule has 5 aromatic rings. The van der Waals surface area contributed by atoms with Crippen molar-refractivity contribution in [2.45, 2.75) is 6.54 Å². The normalized spacial score (nSPS) is 11.0. The highest BCUT2D eigenvalue weighted by Crippen LogP contribution is 2.20. The Kier molecular flexibility index (Phi) is 8.26. The molecule has 0 aliphatic carbocycles. The number of non-ortho nitro benzene ring substituents is 1. The summed E-state index contributed by atoms with van der Waals surface area (Å²) < 4.78 is 0. The number of rotatable bonds is 11. The summed E-state index contributed by atoms with van der Waals surface area (Å²) in [7, 11) is 0. The lowest BCUT2D eigenvalue weighted by Gasteiger charge is -2.11. The number of hydrogen-bond acceptors (Lipinski definition) is 10. The third-order valence-corrected chi connectivity index (χ3v) is 5.83. The molecule has 11 heteroatoms. The van der Waals surface area contributed by atoms with Gasteiger partial charge in [-0.2, -0.15) is 20.1 Å². The fraction of sp³-hybridized carbons (Fsp3) is 0.0333. The zero-order chi connectivity index (χ0) is 28.4. The van der Waals surface area contributed by atoms with Crippen molar-refractivity contribution in [3.63, 3.8) is 0 Å². The van der Waals surface area contributed by atoms with E-state index in [1.54, 1.807) is 48.5 Å². The second-order valence-corrected chi connectivity index (χ2v) is 8.71. The van der Waals surface area contributed by atoms with Crippen LogP contribution in [0, 0.1) is 10.1 Å². The van der Waals surface area contributed by atoms with E-state index in [9.17, 15) is 14.9 Å². The average Bonchev–Trinajstić information content (AvgIpc) is 3.02. The van der Waals surface area contributed by atoms with Crippen molar-refractivity contribution >= 4 is 40.7 Å². The molecule has 202 valence electrons. The van der Waals surface area contributed by atoms with E-state index >= 15 is 0 Å². The number of hydrazone groups is 1. The number of nitrogens with zero attached hydrogens (tertiary/aromatic N) is 5. The Labute approximate surface area is 235 Å². The second kappa shape index (κ2) is 12.7. The van der Waals surface area contributed by atoms with Crippen molar-refractivity contribution in [1.29, 1.82) is 0 Å². The molecule has 4 aromatic carbocycles. The van der Waals surface area contributed by atoms with Crippen LogP contribution in [-0.4, -0.2) is 31.4 Å². The fourth-order valence-electron chi connectivity index (χ4n) is 3.81. The maximum Gasteiger partial charge on any atom is 0.269 e. The van der Waals surface area contributed by atoms with Crippen LogP contribution < -0.4 is 16.1 Å². The molecule has 5 rings (SSSR count). The predicted octanol–water partition coefficient (Wildman–Crippen LogP) is 5.83. The number of carbonyl (C=O) groups excluding carboxylic acids is 1. The average molecular weight is 545 g/mol. The molecule has 0 aliphatic rings. The molecule has 1 heterocycles. The molecule has 3 N–H and O–H groups in total. The van der Waals surface area contributed by atoms with Crippen molar-refractivity contribution in [3.8, 4) is 0 Å². The van der Waals surface area contributed by atoms with E-state index in [0.29, 0.717) is 23.4 Å². The van der Waals surface area contributed by atoms with Crippen LogP contribution in [0.2, 0.25) is 0 Å². The summed E-state index contributed by atoms with van der Waals surface area (Å²) in [5.74, 6) is 0.221. The summed E-state index contributed by atoms with van der Waals surface area (Å²) in [4.78, 5) is 37.2. The molecule has 0 bridgehead atoms. The lowest BCUT2D eigenvalue weighted by Crippen LogP contribution is -2.18. The predicted molar refractivity (Wildman–Crippen MR) is 157 cm³/mol. The van der Waals surface area contributed by atoms with Crippen molar-refractivity contribution in [1.82, 2.24) is 15.0 Å². The molecular weight excluding hydrogens is 520 g/mol. The summed E-state index contributed by atoms with van der Waals surface area (Å²) in [6.45, 7) is 0.451. The van der Waals surface area contributed by atoms with Crippen LogP contribution in [0.15, 0.2) is 120 Å². The largest absolute Gasteiger partial charge is 0.350 e. The first-order chi connectivity index (χ1) is 20.0. The lowest BCUT2D eigenvalue weighted by molar-refractivity contribution is -0.384. The van der Waals surface area contributed by atoms with Gasteiger partial charge in [0.2, 0.25) is 23.6 Å². The van der Waals surface area contributed by atoms with E-state index in [4.69, 9.17) is 0 Å². The molecule has 1 aromatic heterocycles.